The highest BCUT2D eigenvalue weighted by Gasteiger charge is 2.26. The fraction of sp³-hybridized carbons (Fsp3) is 0.500. The zero-order valence-corrected chi connectivity index (χ0v) is 17.7. The summed E-state index contributed by atoms with van der Waals surface area (Å²) in [6, 6.07) is 6.65. The lowest BCUT2D eigenvalue weighted by molar-refractivity contribution is -0.124. The molecule has 2 N–H and O–H groups in total. The molecule has 0 aliphatic heterocycles. The van der Waals surface area contributed by atoms with E-state index in [1.165, 1.54) is 0 Å². The van der Waals surface area contributed by atoms with Gasteiger partial charge >= 0.3 is 6.09 Å². The smallest absolute Gasteiger partial charge is 0.408 e. The second-order valence-corrected chi connectivity index (χ2v) is 7.94. The van der Waals surface area contributed by atoms with E-state index in [2.05, 4.69) is 20.9 Å². The monoisotopic (exact) mass is 403 g/mol. The zero-order chi connectivity index (χ0) is 21.6. The van der Waals surface area contributed by atoms with Crippen LogP contribution in [0.3, 0.4) is 0 Å². The Morgan fingerprint density at radius 2 is 1.83 bits per heavy atom. The van der Waals surface area contributed by atoms with E-state index < -0.39 is 17.7 Å². The SMILES string of the molecule is COc1ccc(-n2cc(CNC(=O)[C@@H](NC(=O)OC(C)(C)C)C(C)C)nn2)cc1. The number of nitrogens with one attached hydrogen (secondary N) is 2. The Labute approximate surface area is 170 Å². The summed E-state index contributed by atoms with van der Waals surface area (Å²) in [6.45, 7) is 9.19. The van der Waals surface area contributed by atoms with E-state index in [1.54, 1.807) is 38.8 Å². The summed E-state index contributed by atoms with van der Waals surface area (Å²) in [5, 5.41) is 13.6. The number of rotatable bonds is 7. The molecule has 9 nitrogen and oxygen atoms in total. The minimum atomic E-state index is -0.721. The quantitative estimate of drug-likeness (QED) is 0.735. The van der Waals surface area contributed by atoms with Crippen LogP contribution in [0.2, 0.25) is 0 Å². The average Bonchev–Trinajstić information content (AvgIpc) is 3.11. The molecule has 0 saturated heterocycles. The maximum absolute atomic E-state index is 12.6. The van der Waals surface area contributed by atoms with Crippen molar-refractivity contribution in [2.24, 2.45) is 5.92 Å². The van der Waals surface area contributed by atoms with Crippen molar-refractivity contribution >= 4 is 12.0 Å². The number of carbonyl (C=O) groups excluding carboxylic acids is 2. The molecule has 2 rings (SSSR count). The minimum Gasteiger partial charge on any atom is -0.497 e. The molecule has 1 aromatic carbocycles. The van der Waals surface area contributed by atoms with Gasteiger partial charge in [0.2, 0.25) is 5.91 Å². The first kappa shape index (κ1) is 22.2. The summed E-state index contributed by atoms with van der Waals surface area (Å²) in [7, 11) is 1.60. The Morgan fingerprint density at radius 1 is 1.17 bits per heavy atom. The number of amides is 2. The highest BCUT2D eigenvalue weighted by molar-refractivity contribution is 5.85. The van der Waals surface area contributed by atoms with Crippen LogP contribution in [-0.4, -0.2) is 45.7 Å². The molecule has 1 atom stereocenters. The third-order valence-electron chi connectivity index (χ3n) is 3.94. The molecule has 29 heavy (non-hydrogen) atoms. The van der Waals surface area contributed by atoms with Gasteiger partial charge in [0.15, 0.2) is 0 Å². The van der Waals surface area contributed by atoms with E-state index in [-0.39, 0.29) is 18.4 Å². The number of aromatic nitrogens is 3. The predicted octanol–water partition coefficient (Wildman–Crippen LogP) is 2.44. The van der Waals surface area contributed by atoms with Gasteiger partial charge in [0.25, 0.3) is 0 Å². The number of carbonyl (C=O) groups is 2. The second kappa shape index (κ2) is 9.40. The molecule has 0 fully saturated rings. The molecule has 1 heterocycles. The summed E-state index contributed by atoms with van der Waals surface area (Å²) < 4.78 is 12.0. The average molecular weight is 403 g/mol. The molecular weight excluding hydrogens is 374 g/mol. The summed E-state index contributed by atoms with van der Waals surface area (Å²) in [5.41, 5.74) is 0.777. The van der Waals surface area contributed by atoms with Crippen LogP contribution in [0.4, 0.5) is 4.79 Å². The van der Waals surface area contributed by atoms with Crippen molar-refractivity contribution in [2.45, 2.75) is 52.8 Å². The van der Waals surface area contributed by atoms with Crippen LogP contribution in [0.15, 0.2) is 30.5 Å². The van der Waals surface area contributed by atoms with Crippen molar-refractivity contribution < 1.29 is 19.1 Å². The molecule has 2 aromatic rings. The fourth-order valence-electron chi connectivity index (χ4n) is 2.50. The molecule has 0 unspecified atom stereocenters. The first-order valence-electron chi connectivity index (χ1n) is 9.42. The Bertz CT molecular complexity index is 824. The third kappa shape index (κ3) is 6.78. The summed E-state index contributed by atoms with van der Waals surface area (Å²) in [4.78, 5) is 24.6. The molecule has 0 aliphatic carbocycles. The Balaban J connectivity index is 1.95. The van der Waals surface area contributed by atoms with Crippen molar-refractivity contribution in [3.63, 3.8) is 0 Å². The maximum Gasteiger partial charge on any atom is 0.408 e. The third-order valence-corrected chi connectivity index (χ3v) is 3.94. The van der Waals surface area contributed by atoms with Crippen LogP contribution in [-0.2, 0) is 16.1 Å². The number of alkyl carbamates (subject to hydrolysis) is 1. The highest BCUT2D eigenvalue weighted by Crippen LogP contribution is 2.14. The van der Waals surface area contributed by atoms with Gasteiger partial charge in [-0.15, -0.1) is 5.10 Å². The number of methoxy groups -OCH3 is 1. The van der Waals surface area contributed by atoms with Crippen molar-refractivity contribution in [1.82, 2.24) is 25.6 Å². The number of nitrogens with zero attached hydrogens (tertiary/aromatic N) is 3. The molecule has 0 radical (unpaired) electrons. The van der Waals surface area contributed by atoms with Crippen LogP contribution >= 0.6 is 0 Å². The predicted molar refractivity (Wildman–Crippen MR) is 108 cm³/mol. The van der Waals surface area contributed by atoms with Gasteiger partial charge in [0.05, 0.1) is 25.5 Å². The lowest BCUT2D eigenvalue weighted by Crippen LogP contribution is -2.50. The van der Waals surface area contributed by atoms with Gasteiger partial charge in [-0.25, -0.2) is 9.48 Å². The van der Waals surface area contributed by atoms with Crippen molar-refractivity contribution in [3.05, 3.63) is 36.2 Å². The first-order chi connectivity index (χ1) is 13.6. The molecule has 0 spiro atoms. The van der Waals surface area contributed by atoms with Gasteiger partial charge in [-0.1, -0.05) is 19.1 Å². The van der Waals surface area contributed by atoms with Crippen LogP contribution < -0.4 is 15.4 Å². The number of benzene rings is 1. The Kier molecular flexibility index (Phi) is 7.19. The van der Waals surface area contributed by atoms with Crippen molar-refractivity contribution in [1.29, 1.82) is 0 Å². The number of ether oxygens (including phenoxy) is 2. The number of hydrogen-bond donors (Lipinski definition) is 2. The fourth-order valence-corrected chi connectivity index (χ4v) is 2.50. The van der Waals surface area contributed by atoms with Crippen LogP contribution in [0.1, 0.15) is 40.3 Å². The van der Waals surface area contributed by atoms with E-state index in [1.807, 2.05) is 38.1 Å². The highest BCUT2D eigenvalue weighted by atomic mass is 16.6. The van der Waals surface area contributed by atoms with Gasteiger partial charge in [0.1, 0.15) is 23.1 Å². The molecule has 1 aromatic heterocycles. The maximum atomic E-state index is 12.6. The van der Waals surface area contributed by atoms with E-state index in [0.29, 0.717) is 5.69 Å². The van der Waals surface area contributed by atoms with E-state index in [4.69, 9.17) is 9.47 Å². The Morgan fingerprint density at radius 3 is 2.38 bits per heavy atom. The normalized spacial score (nSPS) is 12.4. The molecule has 158 valence electrons. The summed E-state index contributed by atoms with van der Waals surface area (Å²) >= 11 is 0. The molecular formula is C20H29N5O4. The zero-order valence-electron chi connectivity index (χ0n) is 17.7. The van der Waals surface area contributed by atoms with Gasteiger partial charge in [0, 0.05) is 0 Å². The topological polar surface area (TPSA) is 107 Å². The molecule has 0 saturated carbocycles. The standard InChI is InChI=1S/C20H29N5O4/c1-13(2)17(22-19(27)29-20(3,4)5)18(26)21-11-14-12-25(24-23-14)15-7-9-16(28-6)10-8-15/h7-10,12-13,17H,11H2,1-6H3,(H,21,26)(H,22,27)/t17-/m0/s1. The number of hydrogen-bond acceptors (Lipinski definition) is 6. The second-order valence-electron chi connectivity index (χ2n) is 7.94. The van der Waals surface area contributed by atoms with Gasteiger partial charge in [-0.05, 0) is 51.0 Å². The van der Waals surface area contributed by atoms with E-state index >= 15 is 0 Å². The lowest BCUT2D eigenvalue weighted by Gasteiger charge is -2.25. The van der Waals surface area contributed by atoms with Gasteiger partial charge in [-0.3, -0.25) is 4.79 Å². The van der Waals surface area contributed by atoms with Gasteiger partial charge in [-0.2, -0.15) is 0 Å². The summed E-state index contributed by atoms with van der Waals surface area (Å²) in [5.74, 6) is 0.320. The van der Waals surface area contributed by atoms with Crippen molar-refractivity contribution in [2.75, 3.05) is 7.11 Å². The van der Waals surface area contributed by atoms with Crippen LogP contribution in [0.5, 0.6) is 5.75 Å². The molecule has 0 aliphatic rings. The molecule has 0 bridgehead atoms. The Hall–Kier alpha value is -3.10. The van der Waals surface area contributed by atoms with E-state index in [0.717, 1.165) is 11.4 Å². The van der Waals surface area contributed by atoms with E-state index in [9.17, 15) is 9.59 Å². The van der Waals surface area contributed by atoms with Crippen molar-refractivity contribution in [3.8, 4) is 11.4 Å². The first-order valence-corrected chi connectivity index (χ1v) is 9.42. The minimum absolute atomic E-state index is 0.113. The van der Waals surface area contributed by atoms with Gasteiger partial charge < -0.3 is 20.1 Å². The largest absolute Gasteiger partial charge is 0.497 e. The van der Waals surface area contributed by atoms with Crippen LogP contribution in [0.25, 0.3) is 5.69 Å². The lowest BCUT2D eigenvalue weighted by atomic mass is 10.0. The van der Waals surface area contributed by atoms with Crippen LogP contribution in [0, 0.1) is 5.92 Å². The molecule has 2 amide bonds. The summed E-state index contributed by atoms with van der Waals surface area (Å²) in [6.07, 6.45) is 1.10. The molecule has 9 heteroatoms.